The second-order valence-corrected chi connectivity index (χ2v) is 6.42. The van der Waals surface area contributed by atoms with Gasteiger partial charge < -0.3 is 9.47 Å². The van der Waals surface area contributed by atoms with E-state index in [1.165, 1.54) is 0 Å². The average molecular weight is 311 g/mol. The van der Waals surface area contributed by atoms with Gasteiger partial charge in [0.25, 0.3) is 0 Å². The first-order valence-electron chi connectivity index (χ1n) is 6.44. The predicted molar refractivity (Wildman–Crippen MR) is 76.4 cm³/mol. The first-order chi connectivity index (χ1) is 10.0. The van der Waals surface area contributed by atoms with E-state index in [9.17, 15) is 13.2 Å². The van der Waals surface area contributed by atoms with Crippen molar-refractivity contribution in [2.75, 3.05) is 24.7 Å². The molecule has 21 heavy (non-hydrogen) atoms. The quantitative estimate of drug-likeness (QED) is 0.504. The summed E-state index contributed by atoms with van der Waals surface area (Å²) in [4.78, 5) is 11.4. The monoisotopic (exact) mass is 311 g/mol. The van der Waals surface area contributed by atoms with Crippen LogP contribution in [-0.4, -0.2) is 39.1 Å². The number of sulfone groups is 1. The molecule has 1 rings (SSSR count). The summed E-state index contributed by atoms with van der Waals surface area (Å²) in [6.07, 6.45) is 0.377. The fraction of sp³-hybridized carbons (Fsp3) is 0.429. The second kappa shape index (κ2) is 8.97. The summed E-state index contributed by atoms with van der Waals surface area (Å²) < 4.78 is 33.2. The van der Waals surface area contributed by atoms with Crippen molar-refractivity contribution in [3.8, 4) is 11.8 Å². The summed E-state index contributed by atoms with van der Waals surface area (Å²) in [5.41, 5.74) is 0. The number of unbranched alkanes of at least 4 members (excludes halogenated alkanes) is 1. The van der Waals surface area contributed by atoms with Gasteiger partial charge in [0.05, 0.1) is 11.8 Å². The van der Waals surface area contributed by atoms with Gasteiger partial charge in [0.15, 0.2) is 9.84 Å². The Morgan fingerprint density at radius 1 is 1.19 bits per heavy atom. The van der Waals surface area contributed by atoms with Crippen LogP contribution >= 0.6 is 0 Å². The molecule has 0 saturated heterocycles. The number of nitriles is 1. The molecular formula is C14H17NO5S. The summed E-state index contributed by atoms with van der Waals surface area (Å²) in [7, 11) is -3.51. The number of hydrogen-bond donors (Lipinski definition) is 0. The molecule has 0 amide bonds. The van der Waals surface area contributed by atoms with Crippen LogP contribution in [0.15, 0.2) is 30.3 Å². The molecule has 0 unspecified atom stereocenters. The van der Waals surface area contributed by atoms with Crippen LogP contribution in [0.3, 0.4) is 0 Å². The van der Waals surface area contributed by atoms with Gasteiger partial charge in [0.2, 0.25) is 0 Å². The molecule has 0 radical (unpaired) electrons. The average Bonchev–Trinajstić information content (AvgIpc) is 2.44. The van der Waals surface area contributed by atoms with Gasteiger partial charge in [-0.05, 0) is 18.6 Å². The third-order valence-electron chi connectivity index (χ3n) is 2.44. The zero-order chi connectivity index (χ0) is 15.6. The Kier molecular flexibility index (Phi) is 7.26. The van der Waals surface area contributed by atoms with Gasteiger partial charge in [0.1, 0.15) is 24.7 Å². The SMILES string of the molecule is N#CCCCS(=O)(=O)CC(=O)OCCOc1ccccc1. The normalized spacial score (nSPS) is 10.6. The Hall–Kier alpha value is -2.07. The molecule has 0 fully saturated rings. The van der Waals surface area contributed by atoms with Gasteiger partial charge in [0, 0.05) is 6.42 Å². The third-order valence-corrected chi connectivity index (χ3v) is 4.03. The molecule has 114 valence electrons. The highest BCUT2D eigenvalue weighted by Gasteiger charge is 2.17. The summed E-state index contributed by atoms with van der Waals surface area (Å²) in [6.45, 7) is 0.145. The number of rotatable bonds is 9. The molecule has 0 aliphatic heterocycles. The molecule has 0 aromatic heterocycles. The molecule has 0 saturated carbocycles. The van der Waals surface area contributed by atoms with Crippen LogP contribution in [0.4, 0.5) is 0 Å². The van der Waals surface area contributed by atoms with Gasteiger partial charge >= 0.3 is 5.97 Å². The number of esters is 1. The first-order valence-corrected chi connectivity index (χ1v) is 8.26. The van der Waals surface area contributed by atoms with E-state index in [-0.39, 0.29) is 31.8 Å². The molecule has 0 heterocycles. The maximum Gasteiger partial charge on any atom is 0.321 e. The highest BCUT2D eigenvalue weighted by atomic mass is 32.2. The van der Waals surface area contributed by atoms with Crippen molar-refractivity contribution in [2.24, 2.45) is 0 Å². The van der Waals surface area contributed by atoms with E-state index in [4.69, 9.17) is 14.7 Å². The van der Waals surface area contributed by atoms with Crippen molar-refractivity contribution in [1.29, 1.82) is 5.26 Å². The molecule has 0 bridgehead atoms. The van der Waals surface area contributed by atoms with Crippen molar-refractivity contribution in [3.63, 3.8) is 0 Å². The van der Waals surface area contributed by atoms with Crippen LogP contribution in [-0.2, 0) is 19.4 Å². The lowest BCUT2D eigenvalue weighted by Crippen LogP contribution is -2.22. The zero-order valence-electron chi connectivity index (χ0n) is 11.5. The summed E-state index contributed by atoms with van der Waals surface area (Å²) >= 11 is 0. The van der Waals surface area contributed by atoms with E-state index in [0.717, 1.165) is 0 Å². The van der Waals surface area contributed by atoms with Crippen LogP contribution < -0.4 is 4.74 Å². The lowest BCUT2D eigenvalue weighted by atomic mass is 10.3. The van der Waals surface area contributed by atoms with Crippen molar-refractivity contribution in [1.82, 2.24) is 0 Å². The molecule has 0 aliphatic rings. The molecular weight excluding hydrogens is 294 g/mol. The molecule has 1 aromatic rings. The van der Waals surface area contributed by atoms with Crippen LogP contribution in [0, 0.1) is 11.3 Å². The smallest absolute Gasteiger partial charge is 0.321 e. The van der Waals surface area contributed by atoms with E-state index in [1.807, 2.05) is 24.3 Å². The molecule has 0 aliphatic carbocycles. The number of nitrogens with zero attached hydrogens (tertiary/aromatic N) is 1. The lowest BCUT2D eigenvalue weighted by molar-refractivity contribution is -0.141. The maximum atomic E-state index is 11.5. The van der Waals surface area contributed by atoms with Crippen molar-refractivity contribution < 1.29 is 22.7 Å². The van der Waals surface area contributed by atoms with E-state index in [0.29, 0.717) is 5.75 Å². The number of hydrogen-bond acceptors (Lipinski definition) is 6. The van der Waals surface area contributed by atoms with Gasteiger partial charge in [-0.3, -0.25) is 4.79 Å². The lowest BCUT2D eigenvalue weighted by Gasteiger charge is -2.07. The number of benzene rings is 1. The molecule has 7 heteroatoms. The van der Waals surface area contributed by atoms with Crippen molar-refractivity contribution in [2.45, 2.75) is 12.8 Å². The van der Waals surface area contributed by atoms with Crippen LogP contribution in [0.1, 0.15) is 12.8 Å². The van der Waals surface area contributed by atoms with E-state index < -0.39 is 21.6 Å². The van der Waals surface area contributed by atoms with Crippen LogP contribution in [0.5, 0.6) is 5.75 Å². The Balaban J connectivity index is 2.20. The summed E-state index contributed by atoms with van der Waals surface area (Å²) in [5.74, 6) is -0.999. The molecule has 0 N–H and O–H groups in total. The highest BCUT2D eigenvalue weighted by molar-refractivity contribution is 7.92. The molecule has 6 nitrogen and oxygen atoms in total. The fourth-order valence-electron chi connectivity index (χ4n) is 1.50. The van der Waals surface area contributed by atoms with Crippen LogP contribution in [0.25, 0.3) is 0 Å². The molecule has 0 spiro atoms. The van der Waals surface area contributed by atoms with Crippen molar-refractivity contribution >= 4 is 15.8 Å². The Morgan fingerprint density at radius 3 is 2.57 bits per heavy atom. The van der Waals surface area contributed by atoms with E-state index >= 15 is 0 Å². The van der Waals surface area contributed by atoms with Gasteiger partial charge in [-0.25, -0.2) is 8.42 Å². The van der Waals surface area contributed by atoms with Crippen LogP contribution in [0.2, 0.25) is 0 Å². The molecule has 1 aromatic carbocycles. The van der Waals surface area contributed by atoms with Gasteiger partial charge in [-0.15, -0.1) is 0 Å². The highest BCUT2D eigenvalue weighted by Crippen LogP contribution is 2.07. The van der Waals surface area contributed by atoms with Gasteiger partial charge in [-0.2, -0.15) is 5.26 Å². The minimum atomic E-state index is -3.51. The number of para-hydroxylation sites is 1. The standard InChI is InChI=1S/C14H17NO5S/c15-8-4-5-11-21(17,18)12-14(16)20-10-9-19-13-6-2-1-3-7-13/h1-3,6-7H,4-5,9-12H2. The predicted octanol–water partition coefficient (Wildman–Crippen LogP) is 1.33. The Bertz CT molecular complexity index is 577. The van der Waals surface area contributed by atoms with Gasteiger partial charge in [-0.1, -0.05) is 18.2 Å². The topological polar surface area (TPSA) is 93.5 Å². The molecule has 0 atom stereocenters. The Labute approximate surface area is 124 Å². The summed E-state index contributed by atoms with van der Waals surface area (Å²) in [5, 5.41) is 8.33. The Morgan fingerprint density at radius 2 is 1.90 bits per heavy atom. The zero-order valence-corrected chi connectivity index (χ0v) is 12.3. The van der Waals surface area contributed by atoms with E-state index in [2.05, 4.69) is 0 Å². The number of carbonyl (C=O) groups is 1. The van der Waals surface area contributed by atoms with E-state index in [1.54, 1.807) is 12.1 Å². The first kappa shape index (κ1) is 17.0. The largest absolute Gasteiger partial charge is 0.490 e. The summed E-state index contributed by atoms with van der Waals surface area (Å²) in [6, 6.07) is 10.9. The minimum absolute atomic E-state index is 0.0125. The van der Waals surface area contributed by atoms with Crippen molar-refractivity contribution in [3.05, 3.63) is 30.3 Å². The fourth-order valence-corrected chi connectivity index (χ4v) is 2.67. The third kappa shape index (κ3) is 7.95. The second-order valence-electron chi connectivity index (χ2n) is 4.24. The number of carbonyl (C=O) groups excluding carboxylic acids is 1. The number of ether oxygens (including phenoxy) is 2. The maximum absolute atomic E-state index is 11.5. The minimum Gasteiger partial charge on any atom is -0.490 e.